The first-order valence-corrected chi connectivity index (χ1v) is 7.07. The Morgan fingerprint density at radius 1 is 1.24 bits per heavy atom. The van der Waals surface area contributed by atoms with Crippen LogP contribution < -0.4 is 5.48 Å². The molecule has 0 aliphatic heterocycles. The Balaban J connectivity index is 0.000000557. The highest BCUT2D eigenvalue weighted by Gasteiger charge is 2.12. The summed E-state index contributed by atoms with van der Waals surface area (Å²) in [7, 11) is -7.54. The zero-order valence-electron chi connectivity index (χ0n) is 8.55. The van der Waals surface area contributed by atoms with Gasteiger partial charge in [-0.25, -0.2) is 4.57 Å². The second-order valence-corrected chi connectivity index (χ2v) is 4.40. The SMILES string of the molecule is O=P(O)(O)ONCc1ccccc1.O=[PH](O)O. The molecule has 0 aliphatic rings. The highest BCUT2D eigenvalue weighted by atomic mass is 31.2. The predicted octanol–water partition coefficient (Wildman–Crippen LogP) is 0.161. The van der Waals surface area contributed by atoms with E-state index in [4.69, 9.17) is 24.1 Å². The molecule has 1 rings (SSSR count). The molecule has 0 spiro atoms. The maximum Gasteiger partial charge on any atom is 0.486 e. The van der Waals surface area contributed by atoms with Crippen molar-refractivity contribution in [1.82, 2.24) is 5.48 Å². The molecule has 0 saturated heterocycles. The van der Waals surface area contributed by atoms with Crippen molar-refractivity contribution in [3.05, 3.63) is 35.9 Å². The maximum atomic E-state index is 10.2. The van der Waals surface area contributed by atoms with Crippen LogP contribution in [0.25, 0.3) is 0 Å². The van der Waals surface area contributed by atoms with E-state index < -0.39 is 16.1 Å². The van der Waals surface area contributed by atoms with Crippen LogP contribution in [0, 0.1) is 0 Å². The van der Waals surface area contributed by atoms with Gasteiger partial charge in [0.15, 0.2) is 0 Å². The number of rotatable bonds is 4. The van der Waals surface area contributed by atoms with Gasteiger partial charge in [0.1, 0.15) is 0 Å². The molecule has 0 atom stereocenters. The van der Waals surface area contributed by atoms with Crippen LogP contribution in [-0.4, -0.2) is 19.6 Å². The quantitative estimate of drug-likeness (QED) is 0.390. The van der Waals surface area contributed by atoms with Crippen LogP contribution >= 0.6 is 16.1 Å². The molecule has 0 unspecified atom stereocenters. The Labute approximate surface area is 98.0 Å². The van der Waals surface area contributed by atoms with Crippen molar-refractivity contribution in [1.29, 1.82) is 0 Å². The molecule has 10 heteroatoms. The first kappa shape index (κ1) is 16.4. The first-order valence-electron chi connectivity index (χ1n) is 4.24. The molecule has 0 saturated carbocycles. The lowest BCUT2D eigenvalue weighted by Crippen LogP contribution is -2.11. The van der Waals surface area contributed by atoms with Gasteiger partial charge in [-0.3, -0.25) is 4.57 Å². The van der Waals surface area contributed by atoms with Crippen LogP contribution in [-0.2, 0) is 20.3 Å². The predicted molar refractivity (Wildman–Crippen MR) is 59.8 cm³/mol. The summed E-state index contributed by atoms with van der Waals surface area (Å²) in [4.78, 5) is 31.0. The van der Waals surface area contributed by atoms with Gasteiger partial charge in [-0.05, 0) is 5.56 Å². The van der Waals surface area contributed by atoms with Crippen molar-refractivity contribution in [2.24, 2.45) is 0 Å². The number of hydroxylamine groups is 1. The van der Waals surface area contributed by atoms with E-state index in [0.717, 1.165) is 5.56 Å². The Hall–Kier alpha value is -0.560. The molecule has 17 heavy (non-hydrogen) atoms. The fraction of sp³-hybridized carbons (Fsp3) is 0.143. The van der Waals surface area contributed by atoms with Gasteiger partial charge in [-0.2, -0.15) is 10.1 Å². The van der Waals surface area contributed by atoms with Crippen molar-refractivity contribution in [2.75, 3.05) is 0 Å². The van der Waals surface area contributed by atoms with E-state index >= 15 is 0 Å². The minimum absolute atomic E-state index is 0.256. The summed E-state index contributed by atoms with van der Waals surface area (Å²) < 4.78 is 23.0. The summed E-state index contributed by atoms with van der Waals surface area (Å²) in [6, 6.07) is 9.14. The van der Waals surface area contributed by atoms with Crippen LogP contribution in [0.3, 0.4) is 0 Å². The zero-order valence-corrected chi connectivity index (χ0v) is 10.4. The normalized spacial score (nSPS) is 10.9. The van der Waals surface area contributed by atoms with E-state index in [-0.39, 0.29) is 6.54 Å². The summed E-state index contributed by atoms with van der Waals surface area (Å²) in [5, 5.41) is 0. The average Bonchev–Trinajstić information content (AvgIpc) is 2.16. The van der Waals surface area contributed by atoms with Gasteiger partial charge in [-0.1, -0.05) is 30.3 Å². The molecular formula is C7H13NO7P2. The standard InChI is InChI=1S/C7H10NO4P.H3O3P/c9-13(10,11)12-8-6-7-4-2-1-3-5-7;1-4(2)3/h1-5,8H,6H2,(H2,9,10,11);4H,(H2,1,2,3). The number of hydrogen-bond acceptors (Lipinski definition) is 4. The highest BCUT2D eigenvalue weighted by Crippen LogP contribution is 2.33. The molecule has 5 N–H and O–H groups in total. The smallest absolute Gasteiger partial charge is 0.326 e. The zero-order chi connectivity index (χ0) is 13.3. The van der Waals surface area contributed by atoms with Gasteiger partial charge >= 0.3 is 16.1 Å². The van der Waals surface area contributed by atoms with Crippen LogP contribution in [0.2, 0.25) is 0 Å². The van der Waals surface area contributed by atoms with E-state index in [0.29, 0.717) is 0 Å². The second kappa shape index (κ2) is 8.52. The lowest BCUT2D eigenvalue weighted by molar-refractivity contribution is 0.121. The summed E-state index contributed by atoms with van der Waals surface area (Å²) in [6.45, 7) is 0.256. The first-order chi connectivity index (χ1) is 7.81. The van der Waals surface area contributed by atoms with E-state index in [1.807, 2.05) is 30.3 Å². The van der Waals surface area contributed by atoms with Gasteiger partial charge in [0.2, 0.25) is 0 Å². The second-order valence-electron chi connectivity index (χ2n) is 2.67. The molecule has 1 aromatic rings. The molecular weight excluding hydrogens is 272 g/mol. The van der Waals surface area contributed by atoms with Crippen molar-refractivity contribution >= 4 is 16.1 Å². The Bertz CT molecular complexity index is 375. The van der Waals surface area contributed by atoms with E-state index in [2.05, 4.69) is 10.1 Å². The van der Waals surface area contributed by atoms with Crippen LogP contribution in [0.4, 0.5) is 0 Å². The van der Waals surface area contributed by atoms with Crippen molar-refractivity contribution in [2.45, 2.75) is 6.54 Å². The van der Waals surface area contributed by atoms with Crippen molar-refractivity contribution in [3.63, 3.8) is 0 Å². The number of phosphoric acid groups is 1. The topological polar surface area (TPSA) is 136 Å². The average molecular weight is 285 g/mol. The molecule has 0 fully saturated rings. The molecule has 8 nitrogen and oxygen atoms in total. The highest BCUT2D eigenvalue weighted by molar-refractivity contribution is 7.46. The molecule has 98 valence electrons. The third kappa shape index (κ3) is 13.4. The largest absolute Gasteiger partial charge is 0.486 e. The Morgan fingerprint density at radius 3 is 2.12 bits per heavy atom. The van der Waals surface area contributed by atoms with Crippen LogP contribution in [0.5, 0.6) is 0 Å². The van der Waals surface area contributed by atoms with E-state index in [1.54, 1.807) is 0 Å². The summed E-state index contributed by atoms with van der Waals surface area (Å²) in [5.74, 6) is 0. The minimum atomic E-state index is -4.41. The molecule has 0 amide bonds. The summed E-state index contributed by atoms with van der Waals surface area (Å²) >= 11 is 0. The molecule has 0 radical (unpaired) electrons. The molecule has 0 bridgehead atoms. The number of hydrogen-bond donors (Lipinski definition) is 5. The van der Waals surface area contributed by atoms with E-state index in [9.17, 15) is 4.57 Å². The molecule has 0 aromatic heterocycles. The van der Waals surface area contributed by atoms with Gasteiger partial charge in [0.25, 0.3) is 0 Å². The minimum Gasteiger partial charge on any atom is -0.326 e. The summed E-state index contributed by atoms with van der Waals surface area (Å²) in [6.07, 6.45) is 0. The van der Waals surface area contributed by atoms with E-state index in [1.165, 1.54) is 0 Å². The molecule has 0 heterocycles. The van der Waals surface area contributed by atoms with Gasteiger partial charge in [0.05, 0.1) is 0 Å². The van der Waals surface area contributed by atoms with Crippen LogP contribution in [0.15, 0.2) is 30.3 Å². The number of nitrogens with one attached hydrogen (secondary N) is 1. The Kier molecular flexibility index (Phi) is 8.24. The third-order valence-corrected chi connectivity index (χ3v) is 1.67. The van der Waals surface area contributed by atoms with Crippen molar-refractivity contribution in [3.8, 4) is 0 Å². The summed E-state index contributed by atoms with van der Waals surface area (Å²) in [5.41, 5.74) is 3.06. The third-order valence-electron chi connectivity index (χ3n) is 1.30. The maximum absolute atomic E-state index is 10.2. The lowest BCUT2D eigenvalue weighted by Gasteiger charge is -2.05. The fourth-order valence-corrected chi connectivity index (χ4v) is 1.03. The van der Waals surface area contributed by atoms with Gasteiger partial charge < -0.3 is 19.6 Å². The fourth-order valence-electron chi connectivity index (χ4n) is 0.796. The van der Waals surface area contributed by atoms with Crippen LogP contribution in [0.1, 0.15) is 5.56 Å². The Morgan fingerprint density at radius 2 is 1.71 bits per heavy atom. The van der Waals surface area contributed by atoms with Gasteiger partial charge in [0, 0.05) is 6.54 Å². The molecule has 0 aliphatic carbocycles. The van der Waals surface area contributed by atoms with Crippen molar-refractivity contribution < 1.29 is 33.3 Å². The monoisotopic (exact) mass is 285 g/mol. The lowest BCUT2D eigenvalue weighted by atomic mass is 10.2. The van der Waals surface area contributed by atoms with Gasteiger partial charge in [-0.15, -0.1) is 0 Å². The number of benzene rings is 1. The molecule has 1 aromatic carbocycles.